The molecule has 0 atom stereocenters. The average molecular weight is 461 g/mol. The molecule has 0 heterocycles. The summed E-state index contributed by atoms with van der Waals surface area (Å²) in [5, 5.41) is 0. The fourth-order valence-corrected chi connectivity index (χ4v) is 3.23. The van der Waals surface area contributed by atoms with Crippen LogP contribution in [0.2, 0.25) is 0 Å². The predicted octanol–water partition coefficient (Wildman–Crippen LogP) is 6.86. The Hall–Kier alpha value is -3.57. The zero-order chi connectivity index (χ0) is 24.8. The lowest BCUT2D eigenvalue weighted by atomic mass is 10.0. The second-order valence-electron chi connectivity index (χ2n) is 9.06. The molecule has 34 heavy (non-hydrogen) atoms. The quantitative estimate of drug-likeness (QED) is 0.293. The third-order valence-electron chi connectivity index (χ3n) is 5.29. The predicted molar refractivity (Wildman–Crippen MR) is 135 cm³/mol. The summed E-state index contributed by atoms with van der Waals surface area (Å²) in [5.74, 6) is 2.80. The van der Waals surface area contributed by atoms with Crippen molar-refractivity contribution in [1.29, 1.82) is 0 Å². The number of rotatable bonds is 11. The first kappa shape index (κ1) is 25.1. The van der Waals surface area contributed by atoms with Crippen LogP contribution in [0.15, 0.2) is 85.5 Å². The molecule has 0 aromatic heterocycles. The fourth-order valence-electron chi connectivity index (χ4n) is 3.23. The molecule has 0 saturated heterocycles. The summed E-state index contributed by atoms with van der Waals surface area (Å²) >= 11 is 0. The van der Waals surface area contributed by atoms with Crippen LogP contribution in [0.4, 0.5) is 0 Å². The van der Waals surface area contributed by atoms with E-state index < -0.39 is 11.2 Å². The molecule has 3 rings (SSSR count). The van der Waals surface area contributed by atoms with Gasteiger partial charge in [-0.25, -0.2) is 0 Å². The Balaban J connectivity index is 1.57. The molecule has 5 nitrogen and oxygen atoms in total. The van der Waals surface area contributed by atoms with Crippen LogP contribution in [0, 0.1) is 0 Å². The summed E-state index contributed by atoms with van der Waals surface area (Å²) in [6, 6.07) is 23.3. The molecular weight excluding hydrogens is 428 g/mol. The van der Waals surface area contributed by atoms with Crippen LogP contribution in [0.1, 0.15) is 27.7 Å². The summed E-state index contributed by atoms with van der Waals surface area (Å²) in [7, 11) is 1.66. The zero-order valence-corrected chi connectivity index (χ0v) is 20.5. The van der Waals surface area contributed by atoms with Gasteiger partial charge in [-0.05, 0) is 93.4 Å². The van der Waals surface area contributed by atoms with E-state index in [-0.39, 0.29) is 12.4 Å². The van der Waals surface area contributed by atoms with Gasteiger partial charge in [0.25, 0.3) is 0 Å². The number of carbonyl (C=O) groups excluding carboxylic acids is 1. The summed E-state index contributed by atoms with van der Waals surface area (Å²) in [6.45, 7) is 11.0. The Morgan fingerprint density at radius 1 is 0.765 bits per heavy atom. The summed E-state index contributed by atoms with van der Waals surface area (Å²) in [5.41, 5.74) is 0.639. The molecule has 178 valence electrons. The molecule has 0 saturated carbocycles. The Morgan fingerprint density at radius 2 is 1.21 bits per heavy atom. The number of hydrogen-bond donors (Lipinski definition) is 0. The van der Waals surface area contributed by atoms with E-state index in [1.807, 2.05) is 86.6 Å². The number of ether oxygens (including phenoxy) is 4. The number of benzene rings is 3. The molecule has 0 fully saturated rings. The van der Waals surface area contributed by atoms with Crippen molar-refractivity contribution >= 4 is 5.78 Å². The van der Waals surface area contributed by atoms with Gasteiger partial charge in [0.05, 0.1) is 13.7 Å². The summed E-state index contributed by atoms with van der Waals surface area (Å²) in [4.78, 5) is 11.9. The Bertz CT molecular complexity index is 1090. The molecule has 0 unspecified atom stereocenters. The van der Waals surface area contributed by atoms with Crippen LogP contribution in [0.5, 0.6) is 23.0 Å². The van der Waals surface area contributed by atoms with Crippen LogP contribution >= 0.6 is 0 Å². The third-order valence-corrected chi connectivity index (χ3v) is 5.29. The van der Waals surface area contributed by atoms with E-state index in [9.17, 15) is 4.79 Å². The van der Waals surface area contributed by atoms with Crippen molar-refractivity contribution in [3.8, 4) is 34.1 Å². The van der Waals surface area contributed by atoms with Crippen molar-refractivity contribution < 1.29 is 23.7 Å². The number of ketones is 1. The molecule has 0 N–H and O–H groups in total. The second kappa shape index (κ2) is 10.6. The second-order valence-corrected chi connectivity index (χ2v) is 9.06. The molecule has 0 aliphatic rings. The highest BCUT2D eigenvalue weighted by atomic mass is 16.6. The molecule has 0 bridgehead atoms. The minimum atomic E-state index is -0.941. The molecule has 0 radical (unpaired) electrons. The first-order valence-corrected chi connectivity index (χ1v) is 11.1. The van der Waals surface area contributed by atoms with Crippen molar-refractivity contribution in [3.63, 3.8) is 0 Å². The van der Waals surface area contributed by atoms with Crippen molar-refractivity contribution in [2.24, 2.45) is 0 Å². The van der Waals surface area contributed by atoms with E-state index in [4.69, 9.17) is 18.9 Å². The van der Waals surface area contributed by atoms with Gasteiger partial charge in [-0.1, -0.05) is 30.8 Å². The standard InChI is InChI=1S/C29H32O5/c1-7-27(30)29(4,5)32-20-28(2,3)34-26-18-16-25(17-19-26)33-24-14-10-22(11-15-24)21-8-12-23(31-6)13-9-21/h7-19H,1,20H2,2-6H3. The highest BCUT2D eigenvalue weighted by Crippen LogP contribution is 2.29. The maximum Gasteiger partial charge on any atom is 0.186 e. The van der Waals surface area contributed by atoms with Crippen molar-refractivity contribution in [2.45, 2.75) is 38.9 Å². The first-order chi connectivity index (χ1) is 16.1. The van der Waals surface area contributed by atoms with E-state index in [0.29, 0.717) is 11.5 Å². The monoisotopic (exact) mass is 460 g/mol. The maximum absolute atomic E-state index is 11.9. The van der Waals surface area contributed by atoms with Gasteiger partial charge in [-0.3, -0.25) is 4.79 Å². The largest absolute Gasteiger partial charge is 0.497 e. The topological polar surface area (TPSA) is 54.0 Å². The highest BCUT2D eigenvalue weighted by Gasteiger charge is 2.30. The lowest BCUT2D eigenvalue weighted by Crippen LogP contribution is -2.42. The van der Waals surface area contributed by atoms with Crippen LogP contribution < -0.4 is 14.2 Å². The molecule has 0 amide bonds. The van der Waals surface area contributed by atoms with Crippen LogP contribution in [-0.2, 0) is 9.53 Å². The first-order valence-electron chi connectivity index (χ1n) is 11.1. The molecule has 0 spiro atoms. The Kier molecular flexibility index (Phi) is 7.79. The lowest BCUT2D eigenvalue weighted by molar-refractivity contribution is -0.141. The van der Waals surface area contributed by atoms with Gasteiger partial charge in [-0.15, -0.1) is 0 Å². The van der Waals surface area contributed by atoms with Crippen molar-refractivity contribution in [2.75, 3.05) is 13.7 Å². The molecule has 3 aromatic rings. The van der Waals surface area contributed by atoms with Gasteiger partial charge in [0.2, 0.25) is 0 Å². The molecule has 0 aliphatic heterocycles. The smallest absolute Gasteiger partial charge is 0.186 e. The molecule has 3 aromatic carbocycles. The van der Waals surface area contributed by atoms with Crippen molar-refractivity contribution in [1.82, 2.24) is 0 Å². The highest BCUT2D eigenvalue weighted by molar-refractivity contribution is 5.95. The van der Waals surface area contributed by atoms with Gasteiger partial charge >= 0.3 is 0 Å². The van der Waals surface area contributed by atoms with Crippen molar-refractivity contribution in [3.05, 3.63) is 85.5 Å². The van der Waals surface area contributed by atoms with Crippen LogP contribution in [0.25, 0.3) is 11.1 Å². The van der Waals surface area contributed by atoms with E-state index >= 15 is 0 Å². The molecule has 0 aliphatic carbocycles. The van der Waals surface area contributed by atoms with E-state index in [2.05, 4.69) is 6.58 Å². The van der Waals surface area contributed by atoms with E-state index in [1.54, 1.807) is 21.0 Å². The Labute approximate surface area is 201 Å². The normalized spacial score (nSPS) is 11.6. The van der Waals surface area contributed by atoms with Gasteiger partial charge in [0, 0.05) is 0 Å². The van der Waals surface area contributed by atoms with E-state index in [0.717, 1.165) is 22.6 Å². The van der Waals surface area contributed by atoms with Gasteiger partial charge in [0.15, 0.2) is 5.78 Å². The maximum atomic E-state index is 11.9. The Morgan fingerprint density at radius 3 is 1.68 bits per heavy atom. The van der Waals surface area contributed by atoms with Gasteiger partial charge in [0.1, 0.15) is 34.2 Å². The number of carbonyl (C=O) groups is 1. The van der Waals surface area contributed by atoms with Crippen LogP contribution in [-0.4, -0.2) is 30.7 Å². The van der Waals surface area contributed by atoms with Crippen LogP contribution in [0.3, 0.4) is 0 Å². The summed E-state index contributed by atoms with van der Waals surface area (Å²) < 4.78 is 23.1. The minimum absolute atomic E-state index is 0.165. The minimum Gasteiger partial charge on any atom is -0.497 e. The van der Waals surface area contributed by atoms with Gasteiger partial charge in [-0.2, -0.15) is 0 Å². The zero-order valence-electron chi connectivity index (χ0n) is 20.5. The summed E-state index contributed by atoms with van der Waals surface area (Å²) in [6.07, 6.45) is 1.28. The number of hydrogen-bond acceptors (Lipinski definition) is 5. The SMILES string of the molecule is C=CC(=O)C(C)(C)OCC(C)(C)Oc1ccc(Oc2ccc(-c3ccc(OC)cc3)cc2)cc1. The average Bonchev–Trinajstić information content (AvgIpc) is 2.84. The lowest BCUT2D eigenvalue weighted by Gasteiger charge is -2.31. The molecule has 5 heteroatoms. The fraction of sp³-hybridized carbons (Fsp3) is 0.276. The molecular formula is C29H32O5. The third kappa shape index (κ3) is 6.72. The number of methoxy groups -OCH3 is 1. The van der Waals surface area contributed by atoms with Gasteiger partial charge < -0.3 is 18.9 Å². The van der Waals surface area contributed by atoms with E-state index in [1.165, 1.54) is 6.08 Å².